The summed E-state index contributed by atoms with van der Waals surface area (Å²) in [6.07, 6.45) is -4.46. The van der Waals surface area contributed by atoms with Gasteiger partial charge in [0.1, 0.15) is 11.4 Å². The molecule has 7 nitrogen and oxygen atoms in total. The summed E-state index contributed by atoms with van der Waals surface area (Å²) in [6, 6.07) is 2.04. The second-order valence-electron chi connectivity index (χ2n) is 7.06. The number of carboxylic acid groups (broad SMARTS) is 1. The summed E-state index contributed by atoms with van der Waals surface area (Å²) < 4.78 is 44.6. The highest BCUT2D eigenvalue weighted by atomic mass is 19.4. The Bertz CT molecular complexity index is 703. The van der Waals surface area contributed by atoms with Crippen LogP contribution < -0.4 is 10.2 Å². The molecule has 0 spiro atoms. The van der Waals surface area contributed by atoms with Crippen LogP contribution in [0.3, 0.4) is 0 Å². The van der Waals surface area contributed by atoms with Crippen LogP contribution in [0.2, 0.25) is 0 Å². The van der Waals surface area contributed by atoms with Crippen LogP contribution in [0, 0.1) is 0 Å². The summed E-state index contributed by atoms with van der Waals surface area (Å²) in [5.74, 6) is -1.72. The minimum absolute atomic E-state index is 0.0117. The molecule has 0 aromatic carbocycles. The Kier molecular flexibility index (Phi) is 5.07. The molecule has 0 bridgehead atoms. The van der Waals surface area contributed by atoms with Crippen LogP contribution in [0.25, 0.3) is 0 Å². The summed E-state index contributed by atoms with van der Waals surface area (Å²) in [6.45, 7) is 4.48. The number of ether oxygens (including phenoxy) is 1. The zero-order chi connectivity index (χ0) is 19.8. The van der Waals surface area contributed by atoms with E-state index in [1.807, 2.05) is 0 Å². The van der Waals surface area contributed by atoms with Gasteiger partial charge in [-0.1, -0.05) is 0 Å². The second-order valence-corrected chi connectivity index (χ2v) is 7.06. The number of hydrogen-bond donors (Lipinski definition) is 2. The fourth-order valence-electron chi connectivity index (χ4n) is 2.69. The predicted octanol–water partition coefficient (Wildman–Crippen LogP) is 2.66. The summed E-state index contributed by atoms with van der Waals surface area (Å²) >= 11 is 0. The highest BCUT2D eigenvalue weighted by molar-refractivity contribution is 5.86. The topological polar surface area (TPSA) is 91.8 Å². The lowest BCUT2D eigenvalue weighted by Gasteiger charge is -2.29. The van der Waals surface area contributed by atoms with Crippen LogP contribution in [0.1, 0.15) is 32.8 Å². The van der Waals surface area contributed by atoms with Crippen molar-refractivity contribution in [3.63, 3.8) is 0 Å². The first-order valence-corrected chi connectivity index (χ1v) is 7.86. The van der Waals surface area contributed by atoms with Gasteiger partial charge in [-0.25, -0.2) is 14.6 Å². The highest BCUT2D eigenvalue weighted by Gasteiger charge is 2.49. The molecular formula is C16H20F3N3O4. The van der Waals surface area contributed by atoms with Gasteiger partial charge in [-0.15, -0.1) is 0 Å². The van der Waals surface area contributed by atoms with Gasteiger partial charge >= 0.3 is 18.2 Å². The first kappa shape index (κ1) is 19.8. The lowest BCUT2D eigenvalue weighted by molar-refractivity contribution is -0.144. The minimum Gasteiger partial charge on any atom is -0.479 e. The number of alkyl carbamates (subject to hydrolysis) is 1. The molecule has 2 N–H and O–H groups in total. The number of rotatable bonds is 3. The van der Waals surface area contributed by atoms with Crippen LogP contribution >= 0.6 is 0 Å². The largest absolute Gasteiger partial charge is 0.479 e. The first-order valence-electron chi connectivity index (χ1n) is 7.86. The molecule has 1 aliphatic heterocycles. The molecule has 1 atom stereocenters. The molecule has 1 fully saturated rings. The molecule has 0 saturated carbocycles. The number of alkyl halides is 3. The molecule has 1 unspecified atom stereocenters. The van der Waals surface area contributed by atoms with Gasteiger partial charge in [-0.3, -0.25) is 0 Å². The first-order chi connectivity index (χ1) is 11.8. The van der Waals surface area contributed by atoms with Crippen molar-refractivity contribution in [3.8, 4) is 0 Å². The SMILES string of the molecule is CC(C)(C)OC(=O)NC1(C(=O)O)CCN(c2ncccc2C(F)(F)F)C1. The summed E-state index contributed by atoms with van der Waals surface area (Å²) in [7, 11) is 0. The van der Waals surface area contributed by atoms with Crippen molar-refractivity contribution in [1.29, 1.82) is 0 Å². The van der Waals surface area contributed by atoms with Crippen LogP contribution in [-0.2, 0) is 15.7 Å². The Morgan fingerprint density at radius 2 is 2.00 bits per heavy atom. The van der Waals surface area contributed by atoms with Crippen molar-refractivity contribution < 1.29 is 32.6 Å². The van der Waals surface area contributed by atoms with E-state index >= 15 is 0 Å². The Labute approximate surface area is 148 Å². The van der Waals surface area contributed by atoms with E-state index < -0.39 is 34.9 Å². The van der Waals surface area contributed by atoms with Gasteiger partial charge in [-0.05, 0) is 32.9 Å². The fourth-order valence-corrected chi connectivity index (χ4v) is 2.69. The van der Waals surface area contributed by atoms with E-state index in [1.54, 1.807) is 20.8 Å². The Morgan fingerprint density at radius 3 is 2.54 bits per heavy atom. The monoisotopic (exact) mass is 375 g/mol. The maximum absolute atomic E-state index is 13.2. The molecule has 1 saturated heterocycles. The van der Waals surface area contributed by atoms with Crippen LogP contribution in [-0.4, -0.2) is 46.4 Å². The van der Waals surface area contributed by atoms with Crippen LogP contribution in [0.15, 0.2) is 18.3 Å². The Hall–Kier alpha value is -2.52. The van der Waals surface area contributed by atoms with Crippen LogP contribution in [0.4, 0.5) is 23.8 Å². The molecule has 0 aliphatic carbocycles. The number of carbonyl (C=O) groups excluding carboxylic acids is 1. The van der Waals surface area contributed by atoms with Gasteiger partial charge in [0.15, 0.2) is 5.54 Å². The third-order valence-electron chi connectivity index (χ3n) is 3.81. The zero-order valence-electron chi connectivity index (χ0n) is 14.6. The number of amides is 1. The number of pyridine rings is 1. The van der Waals surface area contributed by atoms with Crippen molar-refractivity contribution >= 4 is 17.9 Å². The molecular weight excluding hydrogens is 355 g/mol. The summed E-state index contributed by atoms with van der Waals surface area (Å²) in [4.78, 5) is 28.7. The third kappa shape index (κ3) is 4.36. The molecule has 1 amide bonds. The van der Waals surface area contributed by atoms with Crippen molar-refractivity contribution in [1.82, 2.24) is 10.3 Å². The van der Waals surface area contributed by atoms with Crippen molar-refractivity contribution in [2.24, 2.45) is 0 Å². The van der Waals surface area contributed by atoms with E-state index in [2.05, 4.69) is 10.3 Å². The van der Waals surface area contributed by atoms with Crippen molar-refractivity contribution in [2.75, 3.05) is 18.0 Å². The van der Waals surface area contributed by atoms with E-state index in [9.17, 15) is 27.9 Å². The highest BCUT2D eigenvalue weighted by Crippen LogP contribution is 2.37. The average molecular weight is 375 g/mol. The predicted molar refractivity (Wildman–Crippen MR) is 85.8 cm³/mol. The number of anilines is 1. The van der Waals surface area contributed by atoms with E-state index in [-0.39, 0.29) is 25.3 Å². The quantitative estimate of drug-likeness (QED) is 0.844. The molecule has 10 heteroatoms. The van der Waals surface area contributed by atoms with E-state index in [0.717, 1.165) is 12.1 Å². The van der Waals surface area contributed by atoms with Crippen LogP contribution in [0.5, 0.6) is 0 Å². The number of nitrogens with one attached hydrogen (secondary N) is 1. The van der Waals surface area contributed by atoms with Gasteiger partial charge in [0, 0.05) is 19.2 Å². The van der Waals surface area contributed by atoms with Crippen molar-refractivity contribution in [2.45, 2.75) is 44.5 Å². The maximum Gasteiger partial charge on any atom is 0.419 e. The standard InChI is InChI=1S/C16H20F3N3O4/c1-14(2,3)26-13(25)21-15(12(23)24)6-8-22(9-15)11-10(16(17,18)19)5-4-7-20-11/h4-5,7H,6,8-9H2,1-3H3,(H,21,25)(H,23,24). The fraction of sp³-hybridized carbons (Fsp3) is 0.562. The zero-order valence-corrected chi connectivity index (χ0v) is 14.6. The normalized spacial score (nSPS) is 20.8. The van der Waals surface area contributed by atoms with Crippen molar-refractivity contribution in [3.05, 3.63) is 23.9 Å². The number of hydrogen-bond acceptors (Lipinski definition) is 5. The number of aromatic nitrogens is 1. The summed E-state index contributed by atoms with van der Waals surface area (Å²) in [5.41, 5.74) is -3.56. The molecule has 1 aliphatic rings. The van der Waals surface area contributed by atoms with Gasteiger partial charge < -0.3 is 20.1 Å². The molecule has 26 heavy (non-hydrogen) atoms. The smallest absolute Gasteiger partial charge is 0.419 e. The maximum atomic E-state index is 13.2. The van der Waals surface area contributed by atoms with Gasteiger partial charge in [0.25, 0.3) is 0 Å². The van der Waals surface area contributed by atoms with Gasteiger partial charge in [-0.2, -0.15) is 13.2 Å². The minimum atomic E-state index is -4.63. The average Bonchev–Trinajstić information content (AvgIpc) is 2.89. The number of nitrogens with zero attached hydrogens (tertiary/aromatic N) is 2. The second kappa shape index (κ2) is 6.65. The molecule has 2 heterocycles. The lowest BCUT2D eigenvalue weighted by atomic mass is 9.99. The Balaban J connectivity index is 2.26. The Morgan fingerprint density at radius 1 is 1.35 bits per heavy atom. The third-order valence-corrected chi connectivity index (χ3v) is 3.81. The molecule has 2 rings (SSSR count). The number of aliphatic carboxylic acids is 1. The van der Waals surface area contributed by atoms with E-state index in [1.165, 1.54) is 11.1 Å². The summed E-state index contributed by atoms with van der Waals surface area (Å²) in [5, 5.41) is 11.9. The van der Waals surface area contributed by atoms with E-state index in [0.29, 0.717) is 0 Å². The number of carbonyl (C=O) groups is 2. The molecule has 1 aromatic heterocycles. The lowest BCUT2D eigenvalue weighted by Crippen LogP contribution is -2.57. The molecule has 1 aromatic rings. The van der Waals surface area contributed by atoms with Gasteiger partial charge in [0.2, 0.25) is 0 Å². The number of carboxylic acids is 1. The molecule has 0 radical (unpaired) electrons. The van der Waals surface area contributed by atoms with E-state index in [4.69, 9.17) is 4.74 Å². The van der Waals surface area contributed by atoms with Gasteiger partial charge in [0.05, 0.1) is 12.1 Å². The molecule has 144 valence electrons. The number of halogens is 3.